The summed E-state index contributed by atoms with van der Waals surface area (Å²) in [6.07, 6.45) is 1.71. The summed E-state index contributed by atoms with van der Waals surface area (Å²) >= 11 is 0. The summed E-state index contributed by atoms with van der Waals surface area (Å²) in [6, 6.07) is 3.44. The van der Waals surface area contributed by atoms with Gasteiger partial charge in [-0.25, -0.2) is 4.39 Å². The first-order valence-corrected chi connectivity index (χ1v) is 4.21. The quantitative estimate of drug-likeness (QED) is 0.708. The molecule has 1 aromatic rings. The van der Waals surface area contributed by atoms with Crippen LogP contribution in [0.5, 0.6) is 5.75 Å². The summed E-state index contributed by atoms with van der Waals surface area (Å²) in [7, 11) is 0. The molecule has 68 valence electrons. The minimum Gasteiger partial charge on any atom is -0.507 e. The third kappa shape index (κ3) is 1.54. The molecule has 0 bridgehead atoms. The zero-order valence-electron chi connectivity index (χ0n) is 6.96. The molecular formula is C10H9FO2. The molecule has 0 atom stereocenters. The van der Waals surface area contributed by atoms with Gasteiger partial charge in [0, 0.05) is 5.92 Å². The number of carbonyl (C=O) groups excluding carboxylic acids is 1. The number of carbonyl (C=O) groups is 1. The van der Waals surface area contributed by atoms with Gasteiger partial charge in [0.15, 0.2) is 5.78 Å². The maximum atomic E-state index is 12.7. The first-order chi connectivity index (χ1) is 6.18. The van der Waals surface area contributed by atoms with Crippen molar-refractivity contribution < 1.29 is 14.3 Å². The van der Waals surface area contributed by atoms with Gasteiger partial charge < -0.3 is 5.11 Å². The summed E-state index contributed by atoms with van der Waals surface area (Å²) in [5.41, 5.74) is 0.113. The first-order valence-electron chi connectivity index (χ1n) is 4.21. The standard InChI is InChI=1S/C10H9FO2/c11-7-3-4-9(12)8(5-7)10(13)6-1-2-6/h3-6,12H,1-2H2. The van der Waals surface area contributed by atoms with Crippen LogP contribution in [0.15, 0.2) is 18.2 Å². The van der Waals surface area contributed by atoms with Gasteiger partial charge in [-0.2, -0.15) is 0 Å². The predicted molar refractivity (Wildman–Crippen MR) is 45.1 cm³/mol. The van der Waals surface area contributed by atoms with E-state index in [0.717, 1.165) is 25.0 Å². The smallest absolute Gasteiger partial charge is 0.169 e. The summed E-state index contributed by atoms with van der Waals surface area (Å²) in [5.74, 6) is -0.746. The number of hydrogen-bond donors (Lipinski definition) is 1. The second-order valence-corrected chi connectivity index (χ2v) is 3.30. The molecule has 0 aliphatic heterocycles. The van der Waals surface area contributed by atoms with E-state index in [1.165, 1.54) is 6.07 Å². The maximum Gasteiger partial charge on any atom is 0.169 e. The van der Waals surface area contributed by atoms with Gasteiger partial charge in [0.25, 0.3) is 0 Å². The van der Waals surface area contributed by atoms with Crippen molar-refractivity contribution in [1.29, 1.82) is 0 Å². The molecule has 1 fully saturated rings. The molecule has 1 aliphatic rings. The molecule has 0 aromatic heterocycles. The highest BCUT2D eigenvalue weighted by atomic mass is 19.1. The van der Waals surface area contributed by atoms with E-state index >= 15 is 0 Å². The van der Waals surface area contributed by atoms with Crippen molar-refractivity contribution in [2.45, 2.75) is 12.8 Å². The Kier molecular flexibility index (Phi) is 1.79. The zero-order chi connectivity index (χ0) is 9.42. The molecule has 0 amide bonds. The van der Waals surface area contributed by atoms with Crippen molar-refractivity contribution in [3.63, 3.8) is 0 Å². The highest BCUT2D eigenvalue weighted by Gasteiger charge is 2.31. The number of phenolic OH excluding ortho intramolecular Hbond substituents is 1. The Morgan fingerprint density at radius 2 is 2.15 bits per heavy atom. The molecule has 2 nitrogen and oxygen atoms in total. The predicted octanol–water partition coefficient (Wildman–Crippen LogP) is 2.12. The lowest BCUT2D eigenvalue weighted by atomic mass is 10.1. The summed E-state index contributed by atoms with van der Waals surface area (Å²) in [5, 5.41) is 9.29. The van der Waals surface area contributed by atoms with Crippen molar-refractivity contribution in [2.75, 3.05) is 0 Å². The minimum absolute atomic E-state index is 0.00713. The van der Waals surface area contributed by atoms with Gasteiger partial charge in [0.1, 0.15) is 11.6 Å². The molecule has 3 heteroatoms. The van der Waals surface area contributed by atoms with E-state index < -0.39 is 5.82 Å². The van der Waals surface area contributed by atoms with Gasteiger partial charge in [-0.1, -0.05) is 0 Å². The lowest BCUT2D eigenvalue weighted by Gasteiger charge is -2.01. The van der Waals surface area contributed by atoms with E-state index in [0.29, 0.717) is 0 Å². The molecule has 1 aromatic carbocycles. The Hall–Kier alpha value is -1.38. The number of aromatic hydroxyl groups is 1. The normalized spacial score (nSPS) is 15.8. The Morgan fingerprint density at radius 3 is 2.77 bits per heavy atom. The maximum absolute atomic E-state index is 12.7. The number of ketones is 1. The average Bonchev–Trinajstić information content (AvgIpc) is 2.91. The fourth-order valence-corrected chi connectivity index (χ4v) is 1.27. The monoisotopic (exact) mass is 180 g/mol. The third-order valence-electron chi connectivity index (χ3n) is 2.17. The lowest BCUT2D eigenvalue weighted by Crippen LogP contribution is -2.01. The van der Waals surface area contributed by atoms with Crippen LogP contribution in [0.1, 0.15) is 23.2 Å². The molecule has 0 unspecified atom stereocenters. The van der Waals surface area contributed by atoms with Gasteiger partial charge in [0.2, 0.25) is 0 Å². The largest absolute Gasteiger partial charge is 0.507 e. The van der Waals surface area contributed by atoms with E-state index in [4.69, 9.17) is 0 Å². The summed E-state index contributed by atoms with van der Waals surface area (Å²) in [6.45, 7) is 0. The first kappa shape index (κ1) is 8.23. The van der Waals surface area contributed by atoms with Crippen LogP contribution in [0.3, 0.4) is 0 Å². The molecule has 1 N–H and O–H groups in total. The van der Waals surface area contributed by atoms with Crippen molar-refractivity contribution >= 4 is 5.78 Å². The van der Waals surface area contributed by atoms with E-state index in [2.05, 4.69) is 0 Å². The molecule has 0 spiro atoms. The second kappa shape index (κ2) is 2.83. The molecule has 0 radical (unpaired) electrons. The van der Waals surface area contributed by atoms with Gasteiger partial charge in [0.05, 0.1) is 5.56 Å². The van der Waals surface area contributed by atoms with Crippen molar-refractivity contribution in [1.82, 2.24) is 0 Å². The van der Waals surface area contributed by atoms with E-state index in [9.17, 15) is 14.3 Å². The van der Waals surface area contributed by atoms with E-state index in [-0.39, 0.29) is 23.0 Å². The molecule has 2 rings (SSSR count). The number of benzene rings is 1. The highest BCUT2D eigenvalue weighted by Crippen LogP contribution is 2.35. The van der Waals surface area contributed by atoms with E-state index in [1.807, 2.05) is 0 Å². The Morgan fingerprint density at radius 1 is 1.46 bits per heavy atom. The molecule has 13 heavy (non-hydrogen) atoms. The Labute approximate surface area is 75.0 Å². The van der Waals surface area contributed by atoms with Crippen LogP contribution in [0.25, 0.3) is 0 Å². The third-order valence-corrected chi connectivity index (χ3v) is 2.17. The van der Waals surface area contributed by atoms with Crippen LogP contribution >= 0.6 is 0 Å². The molecule has 0 saturated heterocycles. The summed E-state index contributed by atoms with van der Waals surface area (Å²) in [4.78, 5) is 11.5. The molecule has 0 heterocycles. The van der Waals surface area contributed by atoms with Crippen molar-refractivity contribution in [3.05, 3.63) is 29.6 Å². The average molecular weight is 180 g/mol. The SMILES string of the molecule is O=C(c1cc(F)ccc1O)C1CC1. The number of phenols is 1. The molecular weight excluding hydrogens is 171 g/mol. The molecule has 1 aliphatic carbocycles. The number of hydrogen-bond acceptors (Lipinski definition) is 2. The fraction of sp³-hybridized carbons (Fsp3) is 0.300. The fourth-order valence-electron chi connectivity index (χ4n) is 1.27. The van der Waals surface area contributed by atoms with Crippen LogP contribution in [0.2, 0.25) is 0 Å². The number of Topliss-reactive ketones (excluding diaryl/α,β-unsaturated/α-hetero) is 1. The van der Waals surface area contributed by atoms with E-state index in [1.54, 1.807) is 0 Å². The van der Waals surface area contributed by atoms with Crippen molar-refractivity contribution in [3.8, 4) is 5.75 Å². The zero-order valence-corrected chi connectivity index (χ0v) is 6.96. The van der Waals surface area contributed by atoms with Crippen LogP contribution in [0, 0.1) is 11.7 Å². The van der Waals surface area contributed by atoms with Gasteiger partial charge in [-0.15, -0.1) is 0 Å². The molecule has 1 saturated carbocycles. The van der Waals surface area contributed by atoms with Gasteiger partial charge in [-0.3, -0.25) is 4.79 Å². The van der Waals surface area contributed by atoms with Crippen LogP contribution < -0.4 is 0 Å². The Balaban J connectivity index is 2.37. The number of halogens is 1. The minimum atomic E-state index is -0.484. The van der Waals surface area contributed by atoms with Crippen molar-refractivity contribution in [2.24, 2.45) is 5.92 Å². The van der Waals surface area contributed by atoms with Crippen LogP contribution in [0.4, 0.5) is 4.39 Å². The second-order valence-electron chi connectivity index (χ2n) is 3.30. The lowest BCUT2D eigenvalue weighted by molar-refractivity contribution is 0.0964. The Bertz CT molecular complexity index is 356. The topological polar surface area (TPSA) is 37.3 Å². The van der Waals surface area contributed by atoms with Gasteiger partial charge in [-0.05, 0) is 31.0 Å². The highest BCUT2D eigenvalue weighted by molar-refractivity contribution is 6.01. The summed E-state index contributed by atoms with van der Waals surface area (Å²) < 4.78 is 12.7. The van der Waals surface area contributed by atoms with Crippen LogP contribution in [-0.4, -0.2) is 10.9 Å². The van der Waals surface area contributed by atoms with Gasteiger partial charge >= 0.3 is 0 Å². The number of rotatable bonds is 2. The van der Waals surface area contributed by atoms with Crippen LogP contribution in [-0.2, 0) is 0 Å².